The lowest BCUT2D eigenvalue weighted by atomic mass is 9.99. The number of nitrogens with one attached hydrogen (secondary N) is 1. The van der Waals surface area contributed by atoms with E-state index in [1.54, 1.807) is 18.2 Å². The number of halogens is 1. The smallest absolute Gasteiger partial charge is 0.175 e. The minimum absolute atomic E-state index is 0.0372. The second-order valence-corrected chi connectivity index (χ2v) is 7.55. The molecule has 0 aliphatic carbocycles. The molecule has 0 amide bonds. The summed E-state index contributed by atoms with van der Waals surface area (Å²) in [5, 5.41) is 3.22. The van der Waals surface area contributed by atoms with Crippen molar-refractivity contribution in [1.29, 1.82) is 0 Å². The van der Waals surface area contributed by atoms with Gasteiger partial charge in [0, 0.05) is 10.7 Å². The normalized spacial score (nSPS) is 13.2. The maximum absolute atomic E-state index is 11.7. The van der Waals surface area contributed by atoms with Gasteiger partial charge in [0.2, 0.25) is 0 Å². The van der Waals surface area contributed by atoms with E-state index < -0.39 is 9.84 Å². The highest BCUT2D eigenvalue weighted by Crippen LogP contribution is 2.25. The standard InChI is InChI=1S/C15H16BrNO2S/c1-17-15(11-6-8-13(16)9-7-11)12-4-3-5-14(10-12)20(2,18)19/h3-10,15,17H,1-2H3. The first-order chi connectivity index (χ1) is 9.41. The molecule has 2 aromatic carbocycles. The zero-order chi connectivity index (χ0) is 14.8. The Morgan fingerprint density at radius 1 is 1.05 bits per heavy atom. The summed E-state index contributed by atoms with van der Waals surface area (Å²) in [6.45, 7) is 0. The van der Waals surface area contributed by atoms with Crippen molar-refractivity contribution >= 4 is 25.8 Å². The molecule has 106 valence electrons. The van der Waals surface area contributed by atoms with Gasteiger partial charge in [0.15, 0.2) is 9.84 Å². The van der Waals surface area contributed by atoms with Gasteiger partial charge in [-0.1, -0.05) is 40.2 Å². The van der Waals surface area contributed by atoms with Gasteiger partial charge in [0.05, 0.1) is 10.9 Å². The summed E-state index contributed by atoms with van der Waals surface area (Å²) in [7, 11) is -1.33. The van der Waals surface area contributed by atoms with Crippen LogP contribution in [0.3, 0.4) is 0 Å². The molecule has 1 N–H and O–H groups in total. The van der Waals surface area contributed by atoms with Gasteiger partial charge in [-0.05, 0) is 42.4 Å². The van der Waals surface area contributed by atoms with Crippen LogP contribution in [-0.2, 0) is 9.84 Å². The van der Waals surface area contributed by atoms with Gasteiger partial charge < -0.3 is 5.32 Å². The van der Waals surface area contributed by atoms with Gasteiger partial charge in [-0.2, -0.15) is 0 Å². The summed E-state index contributed by atoms with van der Waals surface area (Å²) < 4.78 is 24.3. The van der Waals surface area contributed by atoms with E-state index in [0.29, 0.717) is 4.90 Å². The van der Waals surface area contributed by atoms with Gasteiger partial charge >= 0.3 is 0 Å². The molecule has 0 aromatic heterocycles. The van der Waals surface area contributed by atoms with Gasteiger partial charge in [-0.3, -0.25) is 0 Å². The molecule has 2 aromatic rings. The van der Waals surface area contributed by atoms with Crippen LogP contribution >= 0.6 is 15.9 Å². The SMILES string of the molecule is CNC(c1ccc(Br)cc1)c1cccc(S(C)(=O)=O)c1. The van der Waals surface area contributed by atoms with Crippen LogP contribution in [0.2, 0.25) is 0 Å². The minimum atomic E-state index is -3.19. The molecule has 3 nitrogen and oxygen atoms in total. The van der Waals surface area contributed by atoms with Crippen molar-refractivity contribution < 1.29 is 8.42 Å². The zero-order valence-corrected chi connectivity index (χ0v) is 13.7. The first kappa shape index (κ1) is 15.2. The van der Waals surface area contributed by atoms with Gasteiger partial charge in [0.25, 0.3) is 0 Å². The van der Waals surface area contributed by atoms with E-state index in [9.17, 15) is 8.42 Å². The predicted molar refractivity (Wildman–Crippen MR) is 84.6 cm³/mol. The van der Waals surface area contributed by atoms with Crippen LogP contribution in [0.1, 0.15) is 17.2 Å². The second kappa shape index (κ2) is 6.08. The minimum Gasteiger partial charge on any atom is -0.309 e. The Kier molecular flexibility index (Phi) is 4.62. The third-order valence-electron chi connectivity index (χ3n) is 3.11. The van der Waals surface area contributed by atoms with E-state index >= 15 is 0 Å². The topological polar surface area (TPSA) is 46.2 Å². The molecule has 0 spiro atoms. The van der Waals surface area contributed by atoms with E-state index in [1.165, 1.54) is 6.26 Å². The van der Waals surface area contributed by atoms with Gasteiger partial charge in [-0.15, -0.1) is 0 Å². The first-order valence-corrected chi connectivity index (χ1v) is 8.83. The molecule has 0 fully saturated rings. The third kappa shape index (κ3) is 3.48. The average Bonchev–Trinajstić information content (AvgIpc) is 2.41. The van der Waals surface area contributed by atoms with E-state index in [-0.39, 0.29) is 6.04 Å². The molecular formula is C15H16BrNO2S. The lowest BCUT2D eigenvalue weighted by Gasteiger charge is -2.18. The van der Waals surface area contributed by atoms with E-state index in [0.717, 1.165) is 15.6 Å². The quantitative estimate of drug-likeness (QED) is 0.918. The number of rotatable bonds is 4. The van der Waals surface area contributed by atoms with Crippen molar-refractivity contribution in [2.75, 3.05) is 13.3 Å². The average molecular weight is 354 g/mol. The molecule has 0 saturated heterocycles. The van der Waals surface area contributed by atoms with Gasteiger partial charge in [0.1, 0.15) is 0 Å². The zero-order valence-electron chi connectivity index (χ0n) is 11.3. The molecule has 0 radical (unpaired) electrons. The van der Waals surface area contributed by atoms with E-state index in [4.69, 9.17) is 0 Å². The molecule has 0 heterocycles. The fourth-order valence-electron chi connectivity index (χ4n) is 2.11. The molecule has 1 atom stereocenters. The summed E-state index contributed by atoms with van der Waals surface area (Å²) in [5.74, 6) is 0. The predicted octanol–water partition coefficient (Wildman–Crippen LogP) is 3.16. The number of sulfone groups is 1. The third-order valence-corrected chi connectivity index (χ3v) is 4.75. The van der Waals surface area contributed by atoms with Crippen LogP contribution in [0.25, 0.3) is 0 Å². The van der Waals surface area contributed by atoms with Crippen molar-refractivity contribution in [2.24, 2.45) is 0 Å². The molecule has 0 aliphatic rings. The molecule has 0 aliphatic heterocycles. The lowest BCUT2D eigenvalue weighted by Crippen LogP contribution is -2.18. The molecule has 5 heteroatoms. The van der Waals surface area contributed by atoms with E-state index in [2.05, 4.69) is 21.2 Å². The fourth-order valence-corrected chi connectivity index (χ4v) is 3.05. The van der Waals surface area contributed by atoms with Crippen molar-refractivity contribution in [3.05, 3.63) is 64.1 Å². The van der Waals surface area contributed by atoms with Crippen LogP contribution in [-0.4, -0.2) is 21.7 Å². The highest BCUT2D eigenvalue weighted by molar-refractivity contribution is 9.10. The fraction of sp³-hybridized carbons (Fsp3) is 0.200. The Balaban J connectivity index is 2.44. The monoisotopic (exact) mass is 353 g/mol. The Morgan fingerprint density at radius 3 is 2.25 bits per heavy atom. The van der Waals surface area contributed by atoms with Crippen molar-refractivity contribution in [3.63, 3.8) is 0 Å². The first-order valence-electron chi connectivity index (χ1n) is 6.14. The molecule has 1 unspecified atom stereocenters. The van der Waals surface area contributed by atoms with Crippen molar-refractivity contribution in [2.45, 2.75) is 10.9 Å². The molecule has 2 rings (SSSR count). The van der Waals surface area contributed by atoms with Crippen LogP contribution in [0.5, 0.6) is 0 Å². The summed E-state index contributed by atoms with van der Waals surface area (Å²) in [6, 6.07) is 15.0. The molecule has 20 heavy (non-hydrogen) atoms. The van der Waals surface area contributed by atoms with Crippen molar-refractivity contribution in [3.8, 4) is 0 Å². The summed E-state index contributed by atoms with van der Waals surface area (Å²) >= 11 is 3.41. The van der Waals surface area contributed by atoms with Crippen LogP contribution in [0.15, 0.2) is 57.9 Å². The van der Waals surface area contributed by atoms with Crippen LogP contribution in [0, 0.1) is 0 Å². The Labute approximate surface area is 128 Å². The highest BCUT2D eigenvalue weighted by Gasteiger charge is 2.14. The highest BCUT2D eigenvalue weighted by atomic mass is 79.9. The molecular weight excluding hydrogens is 338 g/mol. The maximum Gasteiger partial charge on any atom is 0.175 e. The lowest BCUT2D eigenvalue weighted by molar-refractivity contribution is 0.601. The number of hydrogen-bond acceptors (Lipinski definition) is 3. The summed E-state index contributed by atoms with van der Waals surface area (Å²) in [5.41, 5.74) is 2.01. The van der Waals surface area contributed by atoms with Crippen molar-refractivity contribution in [1.82, 2.24) is 5.32 Å². The van der Waals surface area contributed by atoms with Crippen LogP contribution < -0.4 is 5.32 Å². The Morgan fingerprint density at radius 2 is 1.70 bits per heavy atom. The Hall–Kier alpha value is -1.17. The largest absolute Gasteiger partial charge is 0.309 e. The van der Waals surface area contributed by atoms with E-state index in [1.807, 2.05) is 37.4 Å². The maximum atomic E-state index is 11.7. The van der Waals surface area contributed by atoms with Gasteiger partial charge in [-0.25, -0.2) is 8.42 Å². The number of hydrogen-bond donors (Lipinski definition) is 1. The number of benzene rings is 2. The summed E-state index contributed by atoms with van der Waals surface area (Å²) in [4.78, 5) is 0.340. The summed E-state index contributed by atoms with van der Waals surface area (Å²) in [6.07, 6.45) is 1.22. The molecule has 0 bridgehead atoms. The Bertz CT molecular complexity index is 696. The molecule has 0 saturated carbocycles. The second-order valence-electron chi connectivity index (χ2n) is 4.62. The van der Waals surface area contributed by atoms with Crippen LogP contribution in [0.4, 0.5) is 0 Å².